The highest BCUT2D eigenvalue weighted by atomic mass is 32.1. The van der Waals surface area contributed by atoms with Crippen molar-refractivity contribution < 1.29 is 0 Å². The summed E-state index contributed by atoms with van der Waals surface area (Å²) in [6.07, 6.45) is 5.09. The maximum Gasteiger partial charge on any atom is 0.0964 e. The van der Waals surface area contributed by atoms with Crippen molar-refractivity contribution in [1.82, 2.24) is 10.3 Å². The summed E-state index contributed by atoms with van der Waals surface area (Å²) in [7, 11) is 0. The van der Waals surface area contributed by atoms with Gasteiger partial charge in [-0.25, -0.2) is 4.98 Å². The Morgan fingerprint density at radius 1 is 1.00 bits per heavy atom. The van der Waals surface area contributed by atoms with Crippen LogP contribution in [0.5, 0.6) is 0 Å². The molecule has 1 saturated heterocycles. The molecule has 1 aromatic carbocycles. The lowest BCUT2D eigenvalue weighted by molar-refractivity contribution is 0.459. The van der Waals surface area contributed by atoms with Crippen molar-refractivity contribution in [1.29, 1.82) is 0 Å². The molecule has 2 heterocycles. The highest BCUT2D eigenvalue weighted by Crippen LogP contribution is 2.40. The average Bonchev–Trinajstić information content (AvgIpc) is 3.09. The lowest BCUT2D eigenvalue weighted by Gasteiger charge is -2.28. The van der Waals surface area contributed by atoms with E-state index in [1.165, 1.54) is 41.9 Å². The van der Waals surface area contributed by atoms with Gasteiger partial charge in [-0.3, -0.25) is 0 Å². The van der Waals surface area contributed by atoms with E-state index >= 15 is 0 Å². The molecule has 3 heteroatoms. The number of benzene rings is 1. The largest absolute Gasteiger partial charge is 0.317 e. The first kappa shape index (κ1) is 15.3. The number of aromatic nitrogens is 1. The van der Waals surface area contributed by atoms with Crippen molar-refractivity contribution >= 4 is 11.3 Å². The molecule has 1 aliphatic carbocycles. The van der Waals surface area contributed by atoms with Crippen LogP contribution in [0.1, 0.15) is 73.4 Å². The molecule has 0 bridgehead atoms. The third-order valence-corrected chi connectivity index (χ3v) is 6.69. The Bertz CT molecular complexity index is 685. The number of hydrogen-bond acceptors (Lipinski definition) is 3. The molecule has 0 amide bonds. The predicted octanol–water partition coefficient (Wildman–Crippen LogP) is 5.28. The molecule has 0 spiro atoms. The maximum atomic E-state index is 4.99. The Hall–Kier alpha value is -1.19. The molecule has 0 saturated carbocycles. The van der Waals surface area contributed by atoms with Crippen LogP contribution in [0.25, 0.3) is 11.3 Å². The summed E-state index contributed by atoms with van der Waals surface area (Å²) in [6.45, 7) is 7.00. The van der Waals surface area contributed by atoms with Crippen LogP contribution >= 0.6 is 11.3 Å². The molecule has 1 aliphatic heterocycles. The Kier molecular flexibility index (Phi) is 4.25. The van der Waals surface area contributed by atoms with Gasteiger partial charge in [0.1, 0.15) is 0 Å². The molecule has 23 heavy (non-hydrogen) atoms. The molecule has 1 aromatic heterocycles. The fraction of sp³-hybridized carbons (Fsp3) is 0.550. The van der Waals surface area contributed by atoms with E-state index in [1.54, 1.807) is 11.1 Å². The van der Waals surface area contributed by atoms with Crippen LogP contribution in [-0.2, 0) is 0 Å². The first-order valence-electron chi connectivity index (χ1n) is 9.02. The maximum absolute atomic E-state index is 4.99. The summed E-state index contributed by atoms with van der Waals surface area (Å²) in [5.74, 6) is 2.05. The molecule has 0 radical (unpaired) electrons. The highest BCUT2D eigenvalue weighted by Gasteiger charge is 2.23. The van der Waals surface area contributed by atoms with Gasteiger partial charge in [0.25, 0.3) is 0 Å². The second kappa shape index (κ2) is 6.37. The van der Waals surface area contributed by atoms with Gasteiger partial charge in [0.15, 0.2) is 0 Å². The van der Waals surface area contributed by atoms with Gasteiger partial charge in [0.2, 0.25) is 0 Å². The predicted molar refractivity (Wildman–Crippen MR) is 98.5 cm³/mol. The van der Waals surface area contributed by atoms with Crippen LogP contribution in [0.2, 0.25) is 0 Å². The SMILES string of the molecule is CC1CCC(C)c2cc(-c3csc(C4CCNCC4)n3)ccc21. The summed E-state index contributed by atoms with van der Waals surface area (Å²) in [5, 5.41) is 7.04. The second-order valence-electron chi connectivity index (χ2n) is 7.32. The fourth-order valence-corrected chi connectivity index (χ4v) is 5.10. The van der Waals surface area contributed by atoms with E-state index in [0.717, 1.165) is 13.1 Å². The van der Waals surface area contributed by atoms with Crippen molar-refractivity contribution in [2.75, 3.05) is 13.1 Å². The number of nitrogens with one attached hydrogen (secondary N) is 1. The zero-order chi connectivity index (χ0) is 15.8. The molecular weight excluding hydrogens is 300 g/mol. The van der Waals surface area contributed by atoms with Crippen molar-refractivity contribution in [3.63, 3.8) is 0 Å². The van der Waals surface area contributed by atoms with E-state index < -0.39 is 0 Å². The van der Waals surface area contributed by atoms with Crippen LogP contribution in [0.3, 0.4) is 0 Å². The first-order chi connectivity index (χ1) is 11.2. The lowest BCUT2D eigenvalue weighted by atomic mass is 9.77. The zero-order valence-corrected chi connectivity index (χ0v) is 15.0. The van der Waals surface area contributed by atoms with E-state index in [-0.39, 0.29) is 0 Å². The molecule has 1 fully saturated rings. The summed E-state index contributed by atoms with van der Waals surface area (Å²) in [6, 6.07) is 7.06. The number of hydrogen-bond donors (Lipinski definition) is 1. The van der Waals surface area contributed by atoms with Crippen molar-refractivity contribution in [3.8, 4) is 11.3 Å². The van der Waals surface area contributed by atoms with Crippen molar-refractivity contribution in [2.24, 2.45) is 0 Å². The Balaban J connectivity index is 1.63. The zero-order valence-electron chi connectivity index (χ0n) is 14.1. The topological polar surface area (TPSA) is 24.9 Å². The number of piperidine rings is 1. The van der Waals surface area contributed by atoms with E-state index in [1.807, 2.05) is 11.3 Å². The highest BCUT2D eigenvalue weighted by molar-refractivity contribution is 7.10. The van der Waals surface area contributed by atoms with Gasteiger partial charge < -0.3 is 5.32 Å². The van der Waals surface area contributed by atoms with E-state index in [2.05, 4.69) is 42.7 Å². The van der Waals surface area contributed by atoms with Crippen LogP contribution in [0.4, 0.5) is 0 Å². The minimum absolute atomic E-state index is 0.659. The molecule has 2 atom stereocenters. The van der Waals surface area contributed by atoms with Gasteiger partial charge >= 0.3 is 0 Å². The smallest absolute Gasteiger partial charge is 0.0964 e. The molecule has 1 N–H and O–H groups in total. The second-order valence-corrected chi connectivity index (χ2v) is 8.21. The van der Waals surface area contributed by atoms with Crippen LogP contribution in [-0.4, -0.2) is 18.1 Å². The number of fused-ring (bicyclic) bond motifs is 1. The number of nitrogens with zero attached hydrogens (tertiary/aromatic N) is 1. The third kappa shape index (κ3) is 2.97. The Morgan fingerprint density at radius 3 is 2.52 bits per heavy atom. The minimum Gasteiger partial charge on any atom is -0.317 e. The van der Waals surface area contributed by atoms with Crippen molar-refractivity contribution in [3.05, 3.63) is 39.7 Å². The van der Waals surface area contributed by atoms with Gasteiger partial charge in [0, 0.05) is 16.9 Å². The van der Waals surface area contributed by atoms with Gasteiger partial charge in [-0.2, -0.15) is 0 Å². The normalized spacial score (nSPS) is 25.3. The fourth-order valence-electron chi connectivity index (χ4n) is 4.10. The average molecular weight is 327 g/mol. The van der Waals surface area contributed by atoms with E-state index in [0.29, 0.717) is 17.8 Å². The lowest BCUT2D eigenvalue weighted by Crippen LogP contribution is -2.26. The molecular formula is C20H26N2S. The summed E-state index contributed by atoms with van der Waals surface area (Å²) < 4.78 is 0. The Morgan fingerprint density at radius 2 is 1.74 bits per heavy atom. The van der Waals surface area contributed by atoms with Gasteiger partial charge in [0.05, 0.1) is 10.7 Å². The minimum atomic E-state index is 0.659. The first-order valence-corrected chi connectivity index (χ1v) is 9.90. The van der Waals surface area contributed by atoms with Crippen LogP contribution in [0.15, 0.2) is 23.6 Å². The molecule has 122 valence electrons. The molecule has 2 aromatic rings. The van der Waals surface area contributed by atoms with Gasteiger partial charge in [-0.05, 0) is 67.8 Å². The van der Waals surface area contributed by atoms with Crippen molar-refractivity contribution in [2.45, 2.75) is 57.3 Å². The molecule has 2 unspecified atom stereocenters. The summed E-state index contributed by atoms with van der Waals surface area (Å²) in [4.78, 5) is 4.99. The quantitative estimate of drug-likeness (QED) is 0.812. The number of rotatable bonds is 2. The summed E-state index contributed by atoms with van der Waals surface area (Å²) >= 11 is 1.85. The van der Waals surface area contributed by atoms with E-state index in [9.17, 15) is 0 Å². The molecule has 4 rings (SSSR count). The standard InChI is InChI=1S/C20H26N2S/c1-13-3-4-14(2)18-11-16(5-6-17(13)18)19-12-23-20(22-19)15-7-9-21-10-8-15/h5-6,11-15,21H,3-4,7-10H2,1-2H3. The number of thiazole rings is 1. The molecule has 2 nitrogen and oxygen atoms in total. The van der Waals surface area contributed by atoms with Crippen LogP contribution in [0, 0.1) is 0 Å². The Labute approximate surface area is 143 Å². The van der Waals surface area contributed by atoms with E-state index in [4.69, 9.17) is 4.98 Å². The summed E-state index contributed by atoms with van der Waals surface area (Å²) in [5.41, 5.74) is 5.59. The molecule has 2 aliphatic rings. The van der Waals surface area contributed by atoms with Crippen LogP contribution < -0.4 is 5.32 Å². The van der Waals surface area contributed by atoms with Gasteiger partial charge in [-0.1, -0.05) is 26.0 Å². The monoisotopic (exact) mass is 326 g/mol. The third-order valence-electron chi connectivity index (χ3n) is 5.69. The van der Waals surface area contributed by atoms with Gasteiger partial charge in [-0.15, -0.1) is 11.3 Å².